The smallest absolute Gasteiger partial charge is 0.0351 e. The van der Waals surface area contributed by atoms with E-state index in [0.29, 0.717) is 0 Å². The van der Waals surface area contributed by atoms with Crippen molar-refractivity contribution in [2.24, 2.45) is 0 Å². The molecule has 0 bridgehead atoms. The SMILES string of the molecule is C.C.C=CCCC.COC. The molecule has 0 aliphatic carbocycles. The van der Waals surface area contributed by atoms with E-state index in [4.69, 9.17) is 0 Å². The molecule has 0 aromatic carbocycles. The van der Waals surface area contributed by atoms with Crippen molar-refractivity contribution >= 4 is 0 Å². The van der Waals surface area contributed by atoms with Crippen LogP contribution < -0.4 is 0 Å². The quantitative estimate of drug-likeness (QED) is 0.544. The summed E-state index contributed by atoms with van der Waals surface area (Å²) in [7, 11) is 3.25. The topological polar surface area (TPSA) is 9.23 Å². The summed E-state index contributed by atoms with van der Waals surface area (Å²) < 4.78 is 4.25. The molecule has 0 spiro atoms. The Morgan fingerprint density at radius 3 is 1.60 bits per heavy atom. The first kappa shape index (κ1) is 22.6. The summed E-state index contributed by atoms with van der Waals surface area (Å²) in [5.74, 6) is 0. The van der Waals surface area contributed by atoms with Crippen LogP contribution in [-0.4, -0.2) is 14.2 Å². The molecule has 66 valence electrons. The molecule has 0 N–H and O–H groups in total. The first-order chi connectivity index (χ1) is 3.83. The Hall–Kier alpha value is -0.300. The molecule has 0 aromatic heterocycles. The van der Waals surface area contributed by atoms with Gasteiger partial charge in [-0.15, -0.1) is 6.58 Å². The van der Waals surface area contributed by atoms with Gasteiger partial charge in [-0.1, -0.05) is 34.3 Å². The molecular formula is C9H24O. The minimum absolute atomic E-state index is 0. The van der Waals surface area contributed by atoms with Gasteiger partial charge in [0, 0.05) is 14.2 Å². The van der Waals surface area contributed by atoms with Gasteiger partial charge in [-0.25, -0.2) is 0 Å². The van der Waals surface area contributed by atoms with Crippen LogP contribution in [0.2, 0.25) is 0 Å². The molecular weight excluding hydrogens is 124 g/mol. The molecule has 1 nitrogen and oxygen atoms in total. The summed E-state index contributed by atoms with van der Waals surface area (Å²) in [6.45, 7) is 5.69. The van der Waals surface area contributed by atoms with Crippen LogP contribution >= 0.6 is 0 Å². The van der Waals surface area contributed by atoms with Crippen molar-refractivity contribution in [2.45, 2.75) is 34.6 Å². The molecule has 1 heteroatoms. The predicted octanol–water partition coefficient (Wildman–Crippen LogP) is 3.51. The fraction of sp³-hybridized carbons (Fsp3) is 0.778. The van der Waals surface area contributed by atoms with E-state index in [9.17, 15) is 0 Å². The summed E-state index contributed by atoms with van der Waals surface area (Å²) in [6.07, 6.45) is 4.31. The third kappa shape index (κ3) is 120. The number of ether oxygens (including phenoxy) is 1. The van der Waals surface area contributed by atoms with Gasteiger partial charge < -0.3 is 4.74 Å². The van der Waals surface area contributed by atoms with Gasteiger partial charge >= 0.3 is 0 Å². The Bertz CT molecular complexity index is 33.7. The van der Waals surface area contributed by atoms with E-state index >= 15 is 0 Å². The summed E-state index contributed by atoms with van der Waals surface area (Å²) in [5.41, 5.74) is 0. The highest BCUT2D eigenvalue weighted by Crippen LogP contribution is 1.82. The maximum atomic E-state index is 4.25. The van der Waals surface area contributed by atoms with Gasteiger partial charge in [-0.3, -0.25) is 0 Å². The highest BCUT2D eigenvalue weighted by molar-refractivity contribution is 4.63. The number of hydrogen-bond donors (Lipinski definition) is 0. The second-order valence-corrected chi connectivity index (χ2v) is 1.49. The van der Waals surface area contributed by atoms with Crippen molar-refractivity contribution in [1.82, 2.24) is 0 Å². The summed E-state index contributed by atoms with van der Waals surface area (Å²) in [4.78, 5) is 0. The zero-order valence-electron chi connectivity index (χ0n) is 6.11. The molecule has 0 aliphatic heterocycles. The van der Waals surface area contributed by atoms with Crippen LogP contribution in [0.4, 0.5) is 0 Å². The second-order valence-electron chi connectivity index (χ2n) is 1.49. The van der Waals surface area contributed by atoms with E-state index in [-0.39, 0.29) is 14.9 Å². The normalized spacial score (nSPS) is 5.50. The lowest BCUT2D eigenvalue weighted by Crippen LogP contribution is -1.55. The number of unbranched alkanes of at least 4 members (excludes halogenated alkanes) is 1. The van der Waals surface area contributed by atoms with E-state index in [0.717, 1.165) is 6.42 Å². The zero-order valence-corrected chi connectivity index (χ0v) is 6.11. The first-order valence-electron chi connectivity index (χ1n) is 2.84. The van der Waals surface area contributed by atoms with Crippen LogP contribution in [0.3, 0.4) is 0 Å². The lowest BCUT2D eigenvalue weighted by molar-refractivity contribution is 0.277. The molecule has 0 amide bonds. The molecule has 0 saturated heterocycles. The maximum absolute atomic E-state index is 4.25. The summed E-state index contributed by atoms with van der Waals surface area (Å²) >= 11 is 0. The average Bonchev–Trinajstić information content (AvgIpc) is 1.71. The highest BCUT2D eigenvalue weighted by atomic mass is 16.4. The Morgan fingerprint density at radius 1 is 1.30 bits per heavy atom. The molecule has 10 heavy (non-hydrogen) atoms. The Kier molecular flexibility index (Phi) is 85.1. The van der Waals surface area contributed by atoms with Crippen LogP contribution in [-0.2, 0) is 4.74 Å². The Balaban J connectivity index is -0.0000000326. The van der Waals surface area contributed by atoms with Gasteiger partial charge in [-0.05, 0) is 6.42 Å². The van der Waals surface area contributed by atoms with Gasteiger partial charge in [0.2, 0.25) is 0 Å². The molecule has 0 radical (unpaired) electrons. The summed E-state index contributed by atoms with van der Waals surface area (Å²) in [5, 5.41) is 0. The number of rotatable bonds is 2. The minimum atomic E-state index is 0. The largest absolute Gasteiger partial charge is 0.388 e. The van der Waals surface area contributed by atoms with E-state index in [1.807, 2.05) is 6.08 Å². The van der Waals surface area contributed by atoms with Crippen molar-refractivity contribution in [2.75, 3.05) is 14.2 Å². The van der Waals surface area contributed by atoms with Crippen LogP contribution in [0.5, 0.6) is 0 Å². The number of methoxy groups -OCH3 is 1. The van der Waals surface area contributed by atoms with E-state index in [1.165, 1.54) is 6.42 Å². The molecule has 0 atom stereocenters. The van der Waals surface area contributed by atoms with Gasteiger partial charge in [0.15, 0.2) is 0 Å². The first-order valence-corrected chi connectivity index (χ1v) is 2.84. The summed E-state index contributed by atoms with van der Waals surface area (Å²) in [6, 6.07) is 0. The average molecular weight is 148 g/mol. The fourth-order valence-corrected chi connectivity index (χ4v) is 0.204. The van der Waals surface area contributed by atoms with Crippen LogP contribution in [0.25, 0.3) is 0 Å². The molecule has 0 unspecified atom stereocenters. The molecule has 0 rings (SSSR count). The number of hydrogen-bond acceptors (Lipinski definition) is 1. The Morgan fingerprint density at radius 2 is 1.60 bits per heavy atom. The standard InChI is InChI=1S/C5H10.C2H6O.2CH4/c1-3-5-4-2;1-3-2;;/h3H,1,4-5H2,2H3;1-2H3;2*1H4. The fourth-order valence-electron chi connectivity index (χ4n) is 0.204. The molecule has 0 fully saturated rings. The van der Waals surface area contributed by atoms with E-state index in [1.54, 1.807) is 14.2 Å². The third-order valence-corrected chi connectivity index (χ3v) is 0.493. The van der Waals surface area contributed by atoms with Crippen LogP contribution in [0, 0.1) is 0 Å². The van der Waals surface area contributed by atoms with Crippen molar-refractivity contribution < 1.29 is 4.74 Å². The monoisotopic (exact) mass is 148 g/mol. The third-order valence-electron chi connectivity index (χ3n) is 0.493. The van der Waals surface area contributed by atoms with Crippen LogP contribution in [0.15, 0.2) is 12.7 Å². The van der Waals surface area contributed by atoms with Gasteiger partial charge in [-0.2, -0.15) is 0 Å². The van der Waals surface area contributed by atoms with Crippen molar-refractivity contribution in [3.63, 3.8) is 0 Å². The lowest BCUT2D eigenvalue weighted by Gasteiger charge is -1.72. The predicted molar refractivity (Wildman–Crippen MR) is 51.5 cm³/mol. The van der Waals surface area contributed by atoms with Gasteiger partial charge in [0.1, 0.15) is 0 Å². The molecule has 0 aromatic rings. The highest BCUT2D eigenvalue weighted by Gasteiger charge is 1.61. The van der Waals surface area contributed by atoms with Crippen molar-refractivity contribution in [1.29, 1.82) is 0 Å². The molecule has 0 aliphatic rings. The molecule has 0 heterocycles. The minimum Gasteiger partial charge on any atom is -0.388 e. The second kappa shape index (κ2) is 37.7. The maximum Gasteiger partial charge on any atom is 0.0351 e. The van der Waals surface area contributed by atoms with Crippen molar-refractivity contribution in [3.05, 3.63) is 12.7 Å². The van der Waals surface area contributed by atoms with Crippen molar-refractivity contribution in [3.8, 4) is 0 Å². The molecule has 0 saturated carbocycles. The van der Waals surface area contributed by atoms with E-state index < -0.39 is 0 Å². The van der Waals surface area contributed by atoms with Gasteiger partial charge in [0.05, 0.1) is 0 Å². The van der Waals surface area contributed by atoms with E-state index in [2.05, 4.69) is 18.2 Å². The Labute approximate surface area is 67.1 Å². The van der Waals surface area contributed by atoms with Crippen LogP contribution in [0.1, 0.15) is 34.6 Å². The zero-order chi connectivity index (χ0) is 6.83. The lowest BCUT2D eigenvalue weighted by atomic mass is 10.3. The number of allylic oxidation sites excluding steroid dienone is 1. The van der Waals surface area contributed by atoms with Gasteiger partial charge in [0.25, 0.3) is 0 Å².